The fourth-order valence-electron chi connectivity index (χ4n) is 4.08. The number of aliphatic carboxylic acids is 1. The van der Waals surface area contributed by atoms with Crippen LogP contribution in [-0.4, -0.2) is 46.6 Å². The van der Waals surface area contributed by atoms with Crippen LogP contribution in [-0.2, 0) is 11.3 Å². The Balaban J connectivity index is 1.39. The molecule has 3 aromatic rings. The molecule has 1 aromatic heterocycles. The molecule has 1 saturated heterocycles. The number of nitrogens with zero attached hydrogens (tertiary/aromatic N) is 3. The molecular formula is C25H27N3O3. The van der Waals surface area contributed by atoms with E-state index in [1.807, 2.05) is 78.6 Å². The van der Waals surface area contributed by atoms with E-state index in [4.69, 9.17) is 0 Å². The normalized spacial score (nSPS) is 14.4. The molecule has 6 nitrogen and oxygen atoms in total. The van der Waals surface area contributed by atoms with Gasteiger partial charge in [0.1, 0.15) is 0 Å². The van der Waals surface area contributed by atoms with Crippen molar-refractivity contribution in [1.82, 2.24) is 9.47 Å². The van der Waals surface area contributed by atoms with Crippen LogP contribution in [0.4, 0.5) is 5.69 Å². The predicted molar refractivity (Wildman–Crippen MR) is 121 cm³/mol. The molecule has 1 amide bonds. The number of benzene rings is 2. The Hall–Kier alpha value is -3.54. The highest BCUT2D eigenvalue weighted by molar-refractivity contribution is 5.94. The van der Waals surface area contributed by atoms with Gasteiger partial charge in [0, 0.05) is 56.0 Å². The fraction of sp³-hybridized carbons (Fsp3) is 0.280. The van der Waals surface area contributed by atoms with Crippen LogP contribution >= 0.6 is 0 Å². The van der Waals surface area contributed by atoms with E-state index in [0.717, 1.165) is 30.0 Å². The van der Waals surface area contributed by atoms with Gasteiger partial charge in [-0.25, -0.2) is 0 Å². The zero-order chi connectivity index (χ0) is 21.8. The van der Waals surface area contributed by atoms with Crippen LogP contribution in [0.1, 0.15) is 28.8 Å². The molecule has 160 valence electrons. The largest absolute Gasteiger partial charge is 0.481 e. The van der Waals surface area contributed by atoms with Crippen molar-refractivity contribution in [3.8, 4) is 5.69 Å². The number of carbonyl (C=O) groups excluding carboxylic acids is 1. The van der Waals surface area contributed by atoms with Crippen LogP contribution in [0.15, 0.2) is 73.1 Å². The maximum Gasteiger partial charge on any atom is 0.306 e. The number of carbonyl (C=O) groups is 2. The molecule has 0 bridgehead atoms. The van der Waals surface area contributed by atoms with E-state index in [1.54, 1.807) is 4.90 Å². The summed E-state index contributed by atoms with van der Waals surface area (Å²) in [4.78, 5) is 28.0. The van der Waals surface area contributed by atoms with Crippen molar-refractivity contribution in [3.63, 3.8) is 0 Å². The van der Waals surface area contributed by atoms with Crippen molar-refractivity contribution in [3.05, 3.63) is 84.2 Å². The molecule has 1 fully saturated rings. The molecule has 0 aliphatic carbocycles. The fourth-order valence-corrected chi connectivity index (χ4v) is 4.08. The quantitative estimate of drug-likeness (QED) is 0.657. The number of hydrogen-bond acceptors (Lipinski definition) is 3. The Labute approximate surface area is 182 Å². The van der Waals surface area contributed by atoms with E-state index in [0.29, 0.717) is 24.9 Å². The first kappa shape index (κ1) is 20.7. The lowest BCUT2D eigenvalue weighted by Crippen LogP contribution is -2.36. The summed E-state index contributed by atoms with van der Waals surface area (Å²) in [6, 6.07) is 19.7. The maximum absolute atomic E-state index is 12.9. The third-order valence-corrected chi connectivity index (χ3v) is 5.90. The third-order valence-electron chi connectivity index (χ3n) is 5.90. The first-order valence-electron chi connectivity index (χ1n) is 10.6. The summed E-state index contributed by atoms with van der Waals surface area (Å²) in [6.07, 6.45) is 5.27. The van der Waals surface area contributed by atoms with E-state index < -0.39 is 5.97 Å². The van der Waals surface area contributed by atoms with E-state index >= 15 is 0 Å². The Morgan fingerprint density at radius 1 is 0.968 bits per heavy atom. The van der Waals surface area contributed by atoms with E-state index in [-0.39, 0.29) is 11.8 Å². The van der Waals surface area contributed by atoms with Crippen LogP contribution in [0.3, 0.4) is 0 Å². The monoisotopic (exact) mass is 417 g/mol. The zero-order valence-electron chi connectivity index (χ0n) is 17.6. The van der Waals surface area contributed by atoms with Crippen molar-refractivity contribution in [2.45, 2.75) is 19.4 Å². The number of hydrogen-bond donors (Lipinski definition) is 1. The highest BCUT2D eigenvalue weighted by atomic mass is 16.4. The van der Waals surface area contributed by atoms with Gasteiger partial charge in [0.25, 0.3) is 5.91 Å². The SMILES string of the molecule is CN(Cc1cccc(N2CCC(C(=O)O)CC2)c1)C(=O)c1ccc(-n2cccc2)cc1. The average Bonchev–Trinajstić information content (AvgIpc) is 3.34. The molecule has 2 aromatic carbocycles. The van der Waals surface area contributed by atoms with Gasteiger partial charge >= 0.3 is 5.97 Å². The lowest BCUT2D eigenvalue weighted by Gasteiger charge is -2.32. The highest BCUT2D eigenvalue weighted by Gasteiger charge is 2.24. The Morgan fingerprint density at radius 2 is 1.65 bits per heavy atom. The number of piperidine rings is 1. The average molecular weight is 418 g/mol. The first-order valence-corrected chi connectivity index (χ1v) is 10.6. The molecule has 0 spiro atoms. The van der Waals surface area contributed by atoms with E-state index in [2.05, 4.69) is 11.0 Å². The highest BCUT2D eigenvalue weighted by Crippen LogP contribution is 2.25. The molecule has 1 aliphatic heterocycles. The number of rotatable bonds is 6. The van der Waals surface area contributed by atoms with Gasteiger partial charge in [-0.15, -0.1) is 0 Å². The van der Waals surface area contributed by atoms with Crippen molar-refractivity contribution in [2.75, 3.05) is 25.0 Å². The second-order valence-corrected chi connectivity index (χ2v) is 8.07. The van der Waals surface area contributed by atoms with Gasteiger partial charge in [0.2, 0.25) is 0 Å². The van der Waals surface area contributed by atoms with Gasteiger partial charge in [-0.05, 0) is 66.9 Å². The van der Waals surface area contributed by atoms with E-state index in [9.17, 15) is 14.7 Å². The minimum atomic E-state index is -0.699. The number of aromatic nitrogens is 1. The molecule has 2 heterocycles. The minimum Gasteiger partial charge on any atom is -0.481 e. The van der Waals surface area contributed by atoms with Gasteiger partial charge in [0.15, 0.2) is 0 Å². The molecule has 6 heteroatoms. The predicted octanol–water partition coefficient (Wildman–Crippen LogP) is 4.05. The molecule has 0 saturated carbocycles. The third kappa shape index (κ3) is 4.79. The van der Waals surface area contributed by atoms with E-state index in [1.165, 1.54) is 0 Å². The Morgan fingerprint density at radius 3 is 2.29 bits per heavy atom. The first-order chi connectivity index (χ1) is 15.0. The van der Waals surface area contributed by atoms with Crippen LogP contribution in [0, 0.1) is 5.92 Å². The summed E-state index contributed by atoms with van der Waals surface area (Å²) >= 11 is 0. The van der Waals surface area contributed by atoms with Gasteiger partial charge in [-0.2, -0.15) is 0 Å². The Bertz CT molecular complexity index is 1040. The zero-order valence-corrected chi connectivity index (χ0v) is 17.6. The maximum atomic E-state index is 12.9. The standard InChI is InChI=1S/C25H27N3O3/c1-26(24(29)20-7-9-22(10-8-20)27-13-2-3-14-27)18-19-5-4-6-23(17-19)28-15-11-21(12-16-28)25(30)31/h2-10,13-14,17,21H,11-12,15-16,18H2,1H3,(H,30,31). The molecule has 0 radical (unpaired) electrons. The Kier molecular flexibility index (Phi) is 6.07. The molecule has 1 aliphatic rings. The molecule has 31 heavy (non-hydrogen) atoms. The minimum absolute atomic E-state index is 0.0215. The molecule has 0 atom stereocenters. The number of anilines is 1. The second-order valence-electron chi connectivity index (χ2n) is 8.07. The summed E-state index contributed by atoms with van der Waals surface area (Å²) in [5.74, 6) is -0.964. The van der Waals surface area contributed by atoms with Crippen LogP contribution in [0.5, 0.6) is 0 Å². The van der Waals surface area contributed by atoms with Crippen LogP contribution in [0.25, 0.3) is 5.69 Å². The van der Waals surface area contributed by atoms with Gasteiger partial charge in [-0.1, -0.05) is 12.1 Å². The molecular weight excluding hydrogens is 390 g/mol. The van der Waals surface area contributed by atoms with Crippen molar-refractivity contribution in [1.29, 1.82) is 0 Å². The van der Waals surface area contributed by atoms with Gasteiger partial charge in [0.05, 0.1) is 5.92 Å². The van der Waals surface area contributed by atoms with Crippen molar-refractivity contribution >= 4 is 17.6 Å². The smallest absolute Gasteiger partial charge is 0.306 e. The topological polar surface area (TPSA) is 65.8 Å². The summed E-state index contributed by atoms with van der Waals surface area (Å²) in [6.45, 7) is 1.99. The lowest BCUT2D eigenvalue weighted by atomic mass is 9.96. The molecule has 0 unspecified atom stereocenters. The summed E-state index contributed by atoms with van der Waals surface area (Å²) in [5.41, 5.74) is 3.81. The second kappa shape index (κ2) is 9.08. The van der Waals surface area contributed by atoms with Crippen LogP contribution in [0.2, 0.25) is 0 Å². The number of amides is 1. The molecule has 1 N–H and O–H groups in total. The van der Waals surface area contributed by atoms with Crippen molar-refractivity contribution in [2.24, 2.45) is 5.92 Å². The molecule has 4 rings (SSSR count). The van der Waals surface area contributed by atoms with Gasteiger partial charge in [-0.3, -0.25) is 9.59 Å². The van der Waals surface area contributed by atoms with Gasteiger partial charge < -0.3 is 19.5 Å². The summed E-state index contributed by atoms with van der Waals surface area (Å²) in [5, 5.41) is 9.19. The number of carboxylic acid groups (broad SMARTS) is 1. The number of carboxylic acids is 1. The van der Waals surface area contributed by atoms with Crippen molar-refractivity contribution < 1.29 is 14.7 Å². The van der Waals surface area contributed by atoms with Crippen LogP contribution < -0.4 is 4.90 Å². The lowest BCUT2D eigenvalue weighted by molar-refractivity contribution is -0.142. The summed E-state index contributed by atoms with van der Waals surface area (Å²) < 4.78 is 2.00. The summed E-state index contributed by atoms with van der Waals surface area (Å²) in [7, 11) is 1.81.